The van der Waals surface area contributed by atoms with Gasteiger partial charge in [-0.05, 0) is 30.4 Å². The third-order valence-electron chi connectivity index (χ3n) is 3.93. The van der Waals surface area contributed by atoms with Crippen LogP contribution in [0.15, 0.2) is 36.4 Å². The van der Waals surface area contributed by atoms with Gasteiger partial charge < -0.3 is 15.7 Å². The Labute approximate surface area is 118 Å². The molecule has 0 spiro atoms. The minimum Gasteiger partial charge on any atom is -0.391 e. The highest BCUT2D eigenvalue weighted by molar-refractivity contribution is 6.10. The topological polar surface area (TPSA) is 73.3 Å². The van der Waals surface area contributed by atoms with E-state index in [2.05, 4.69) is 11.0 Å². The fourth-order valence-electron chi connectivity index (χ4n) is 2.97. The maximum Gasteiger partial charge on any atom is 0.123 e. The quantitative estimate of drug-likeness (QED) is 0.577. The van der Waals surface area contributed by atoms with Crippen LogP contribution in [0.25, 0.3) is 10.8 Å². The van der Waals surface area contributed by atoms with E-state index in [0.29, 0.717) is 6.54 Å². The third kappa shape index (κ3) is 2.23. The second-order valence-electron chi connectivity index (χ2n) is 5.33. The molecule has 0 aromatic heterocycles. The van der Waals surface area contributed by atoms with Crippen LogP contribution in [-0.4, -0.2) is 30.1 Å². The number of anilines is 1. The normalized spacial score (nSPS) is 19.2. The van der Waals surface area contributed by atoms with Crippen LogP contribution in [0.4, 0.5) is 5.69 Å². The summed E-state index contributed by atoms with van der Waals surface area (Å²) >= 11 is 0. The average molecular weight is 269 g/mol. The number of nitrogens with one attached hydrogen (secondary N) is 1. The van der Waals surface area contributed by atoms with Gasteiger partial charge in [0.05, 0.1) is 6.10 Å². The van der Waals surface area contributed by atoms with Gasteiger partial charge in [-0.2, -0.15) is 0 Å². The molecule has 2 aromatic carbocycles. The van der Waals surface area contributed by atoms with Crippen molar-refractivity contribution in [2.24, 2.45) is 5.73 Å². The molecule has 104 valence electrons. The van der Waals surface area contributed by atoms with Crippen LogP contribution in [0, 0.1) is 5.41 Å². The number of aliphatic hydroxyl groups is 1. The molecule has 0 aliphatic carbocycles. The molecule has 1 aliphatic heterocycles. The largest absolute Gasteiger partial charge is 0.391 e. The maximum absolute atomic E-state index is 9.86. The summed E-state index contributed by atoms with van der Waals surface area (Å²) in [7, 11) is 0. The van der Waals surface area contributed by atoms with Gasteiger partial charge in [-0.1, -0.05) is 24.3 Å². The Morgan fingerprint density at radius 2 is 1.95 bits per heavy atom. The van der Waals surface area contributed by atoms with Crippen molar-refractivity contribution in [3.05, 3.63) is 42.0 Å². The molecular formula is C16H19N3O. The zero-order valence-electron chi connectivity index (χ0n) is 11.3. The van der Waals surface area contributed by atoms with E-state index in [1.165, 1.54) is 0 Å². The molecule has 1 fully saturated rings. The molecule has 20 heavy (non-hydrogen) atoms. The summed E-state index contributed by atoms with van der Waals surface area (Å²) in [6, 6.07) is 11.9. The number of piperidine rings is 1. The fourth-order valence-corrected chi connectivity index (χ4v) is 2.97. The van der Waals surface area contributed by atoms with Crippen molar-refractivity contribution < 1.29 is 5.11 Å². The summed E-state index contributed by atoms with van der Waals surface area (Å²) in [4.78, 5) is 2.22. The fraction of sp³-hybridized carbons (Fsp3) is 0.312. The maximum atomic E-state index is 9.86. The number of nitrogens with zero attached hydrogens (tertiary/aromatic N) is 1. The van der Waals surface area contributed by atoms with E-state index in [0.717, 1.165) is 41.4 Å². The minimum atomic E-state index is -0.255. The first-order valence-corrected chi connectivity index (χ1v) is 6.96. The van der Waals surface area contributed by atoms with Crippen LogP contribution in [0.2, 0.25) is 0 Å². The van der Waals surface area contributed by atoms with E-state index in [4.69, 9.17) is 11.1 Å². The number of nitrogen functional groups attached to an aromatic ring is 1. The Morgan fingerprint density at radius 3 is 2.65 bits per heavy atom. The van der Waals surface area contributed by atoms with Gasteiger partial charge >= 0.3 is 0 Å². The van der Waals surface area contributed by atoms with Gasteiger partial charge in [0.1, 0.15) is 5.84 Å². The predicted octanol–water partition coefficient (Wildman–Crippen LogP) is 2.08. The number of amidine groups is 1. The first kappa shape index (κ1) is 12.9. The second kappa shape index (κ2) is 5.13. The number of rotatable bonds is 2. The first-order valence-electron chi connectivity index (χ1n) is 6.96. The van der Waals surface area contributed by atoms with E-state index in [9.17, 15) is 5.11 Å². The van der Waals surface area contributed by atoms with Gasteiger partial charge in [0, 0.05) is 29.7 Å². The van der Waals surface area contributed by atoms with Crippen LogP contribution in [-0.2, 0) is 0 Å². The lowest BCUT2D eigenvalue weighted by Crippen LogP contribution is -2.38. The van der Waals surface area contributed by atoms with E-state index in [1.807, 2.05) is 30.3 Å². The molecule has 4 heteroatoms. The molecule has 4 nitrogen and oxygen atoms in total. The standard InChI is InChI=1S/C16H19N3O/c17-16(18)14-7-8-15(13-6-2-1-5-12(13)14)19-9-3-4-11(20)10-19/h1-2,5-8,11,20H,3-4,9-10H2,(H3,17,18). The van der Waals surface area contributed by atoms with Crippen molar-refractivity contribution in [1.82, 2.24) is 0 Å². The number of β-amino-alcohol motifs (C(OH)–C–C–N with tert-alkyl or cyclic N) is 1. The van der Waals surface area contributed by atoms with Crippen molar-refractivity contribution in [1.29, 1.82) is 5.41 Å². The van der Waals surface area contributed by atoms with E-state index in [1.54, 1.807) is 0 Å². The van der Waals surface area contributed by atoms with E-state index < -0.39 is 0 Å². The van der Waals surface area contributed by atoms with Gasteiger partial charge in [-0.15, -0.1) is 0 Å². The van der Waals surface area contributed by atoms with Crippen molar-refractivity contribution in [2.75, 3.05) is 18.0 Å². The lowest BCUT2D eigenvalue weighted by molar-refractivity contribution is 0.154. The molecule has 1 unspecified atom stereocenters. The summed E-state index contributed by atoms with van der Waals surface area (Å²) in [6.07, 6.45) is 1.62. The van der Waals surface area contributed by atoms with Crippen molar-refractivity contribution in [3.63, 3.8) is 0 Å². The van der Waals surface area contributed by atoms with Gasteiger partial charge in [-0.3, -0.25) is 5.41 Å². The highest BCUT2D eigenvalue weighted by Gasteiger charge is 2.20. The molecule has 1 heterocycles. The SMILES string of the molecule is N=C(N)c1ccc(N2CCCC(O)C2)c2ccccc12. The molecule has 2 aromatic rings. The summed E-state index contributed by atoms with van der Waals surface area (Å²) in [5.74, 6) is 0.0893. The molecule has 3 rings (SSSR count). The average Bonchev–Trinajstić information content (AvgIpc) is 2.46. The molecule has 0 amide bonds. The van der Waals surface area contributed by atoms with Crippen LogP contribution in [0.5, 0.6) is 0 Å². The lowest BCUT2D eigenvalue weighted by atomic mass is 9.99. The highest BCUT2D eigenvalue weighted by atomic mass is 16.3. The van der Waals surface area contributed by atoms with Crippen LogP contribution in [0.1, 0.15) is 18.4 Å². The van der Waals surface area contributed by atoms with Gasteiger partial charge in [0.25, 0.3) is 0 Å². The summed E-state index contributed by atoms with van der Waals surface area (Å²) in [6.45, 7) is 1.63. The van der Waals surface area contributed by atoms with Gasteiger partial charge in [0.2, 0.25) is 0 Å². The molecule has 0 radical (unpaired) electrons. The summed E-state index contributed by atoms with van der Waals surface area (Å²) in [5.41, 5.74) is 7.54. The summed E-state index contributed by atoms with van der Waals surface area (Å²) in [5, 5.41) is 19.6. The molecule has 0 bridgehead atoms. The highest BCUT2D eigenvalue weighted by Crippen LogP contribution is 2.31. The molecule has 1 saturated heterocycles. The Bertz CT molecular complexity index is 653. The smallest absolute Gasteiger partial charge is 0.123 e. The minimum absolute atomic E-state index is 0.0893. The number of hydrogen-bond acceptors (Lipinski definition) is 3. The number of hydrogen-bond donors (Lipinski definition) is 3. The molecule has 1 atom stereocenters. The zero-order valence-corrected chi connectivity index (χ0v) is 11.3. The zero-order chi connectivity index (χ0) is 14.1. The van der Waals surface area contributed by atoms with Gasteiger partial charge in [0.15, 0.2) is 0 Å². The Morgan fingerprint density at radius 1 is 1.20 bits per heavy atom. The van der Waals surface area contributed by atoms with E-state index in [-0.39, 0.29) is 11.9 Å². The number of aliphatic hydroxyl groups excluding tert-OH is 1. The molecule has 4 N–H and O–H groups in total. The number of benzene rings is 2. The van der Waals surface area contributed by atoms with Crippen LogP contribution in [0.3, 0.4) is 0 Å². The van der Waals surface area contributed by atoms with E-state index >= 15 is 0 Å². The predicted molar refractivity (Wildman–Crippen MR) is 82.4 cm³/mol. The van der Waals surface area contributed by atoms with Crippen LogP contribution < -0.4 is 10.6 Å². The van der Waals surface area contributed by atoms with Crippen molar-refractivity contribution in [2.45, 2.75) is 18.9 Å². The Balaban J connectivity index is 2.12. The Hall–Kier alpha value is -2.07. The number of fused-ring (bicyclic) bond motifs is 1. The molecule has 0 saturated carbocycles. The van der Waals surface area contributed by atoms with Crippen molar-refractivity contribution in [3.8, 4) is 0 Å². The lowest BCUT2D eigenvalue weighted by Gasteiger charge is -2.33. The first-order chi connectivity index (χ1) is 9.66. The Kier molecular flexibility index (Phi) is 3.32. The summed E-state index contributed by atoms with van der Waals surface area (Å²) < 4.78 is 0. The van der Waals surface area contributed by atoms with Crippen LogP contribution >= 0.6 is 0 Å². The number of nitrogens with two attached hydrogens (primary N) is 1. The van der Waals surface area contributed by atoms with Gasteiger partial charge in [-0.25, -0.2) is 0 Å². The monoisotopic (exact) mass is 269 g/mol. The molecule has 1 aliphatic rings. The second-order valence-corrected chi connectivity index (χ2v) is 5.33. The molecular weight excluding hydrogens is 250 g/mol. The third-order valence-corrected chi connectivity index (χ3v) is 3.93. The van der Waals surface area contributed by atoms with Crippen molar-refractivity contribution >= 4 is 22.3 Å².